The maximum atomic E-state index is 13.5. The molecular formula is C25H22N6O3. The first-order valence-electron chi connectivity index (χ1n) is 11.0. The van der Waals surface area contributed by atoms with Crippen molar-refractivity contribution in [3.8, 4) is 6.07 Å². The number of aromatic nitrogens is 2. The summed E-state index contributed by atoms with van der Waals surface area (Å²) in [6, 6.07) is 12.8. The molecule has 9 heteroatoms. The fourth-order valence-corrected chi connectivity index (χ4v) is 4.63. The van der Waals surface area contributed by atoms with Crippen LogP contribution in [0.5, 0.6) is 0 Å². The Morgan fingerprint density at radius 1 is 1.21 bits per heavy atom. The van der Waals surface area contributed by atoms with E-state index in [4.69, 9.17) is 0 Å². The van der Waals surface area contributed by atoms with E-state index in [0.29, 0.717) is 50.0 Å². The van der Waals surface area contributed by atoms with E-state index in [1.54, 1.807) is 44.3 Å². The molecule has 0 unspecified atom stereocenters. The largest absolute Gasteiger partial charge is 0.366 e. The van der Waals surface area contributed by atoms with Crippen LogP contribution in [0, 0.1) is 35.3 Å². The average molecular weight is 454 g/mol. The lowest BCUT2D eigenvalue weighted by molar-refractivity contribution is -0.384. The lowest BCUT2D eigenvalue weighted by Crippen LogP contribution is -2.35. The van der Waals surface area contributed by atoms with Gasteiger partial charge in [0, 0.05) is 31.0 Å². The number of fused-ring (bicyclic) bond motifs is 3. The van der Waals surface area contributed by atoms with Gasteiger partial charge in [0.25, 0.3) is 11.2 Å². The molecule has 1 N–H and O–H groups in total. The van der Waals surface area contributed by atoms with Crippen LogP contribution in [0.15, 0.2) is 41.2 Å². The predicted octanol–water partition coefficient (Wildman–Crippen LogP) is 3.41. The van der Waals surface area contributed by atoms with Crippen molar-refractivity contribution >= 4 is 39.9 Å². The molecule has 1 aliphatic heterocycles. The number of hydrogen-bond acceptors (Lipinski definition) is 7. The summed E-state index contributed by atoms with van der Waals surface area (Å²) in [4.78, 5) is 31.3. The second-order valence-electron chi connectivity index (χ2n) is 8.49. The zero-order valence-corrected chi connectivity index (χ0v) is 18.8. The Kier molecular flexibility index (Phi) is 5.13. The van der Waals surface area contributed by atoms with Crippen LogP contribution in [0.3, 0.4) is 0 Å². The maximum absolute atomic E-state index is 13.5. The van der Waals surface area contributed by atoms with Gasteiger partial charge >= 0.3 is 0 Å². The molecule has 0 radical (unpaired) electrons. The number of hydrogen-bond donors (Lipinski definition) is 1. The molecule has 9 nitrogen and oxygen atoms in total. The van der Waals surface area contributed by atoms with Gasteiger partial charge in [-0.05, 0) is 56.0 Å². The molecule has 0 amide bonds. The normalized spacial score (nSPS) is 14.1. The number of imidazole rings is 1. The number of nitro groups is 1. The monoisotopic (exact) mass is 454 g/mol. The first kappa shape index (κ1) is 21.4. The van der Waals surface area contributed by atoms with Crippen molar-refractivity contribution in [1.82, 2.24) is 9.38 Å². The number of anilines is 2. The molecule has 1 fully saturated rings. The van der Waals surface area contributed by atoms with E-state index in [1.807, 2.05) is 17.0 Å². The molecule has 5 rings (SSSR count). The number of nitrogens with zero attached hydrogens (tertiary/aromatic N) is 5. The Labute approximate surface area is 194 Å². The summed E-state index contributed by atoms with van der Waals surface area (Å²) < 4.78 is 1.47. The van der Waals surface area contributed by atoms with Gasteiger partial charge in [-0.1, -0.05) is 12.1 Å². The first-order valence-corrected chi connectivity index (χ1v) is 11.0. The second-order valence-corrected chi connectivity index (χ2v) is 8.49. The van der Waals surface area contributed by atoms with E-state index in [-0.39, 0.29) is 16.2 Å². The Hall–Kier alpha value is -4.45. The van der Waals surface area contributed by atoms with Crippen molar-refractivity contribution in [1.29, 1.82) is 5.26 Å². The number of pyridine rings is 1. The van der Waals surface area contributed by atoms with Crippen molar-refractivity contribution in [2.75, 3.05) is 23.3 Å². The minimum absolute atomic E-state index is 0.0729. The van der Waals surface area contributed by atoms with E-state index < -0.39 is 0 Å². The van der Waals surface area contributed by atoms with Crippen LogP contribution in [-0.4, -0.2) is 27.4 Å². The van der Waals surface area contributed by atoms with E-state index in [0.717, 1.165) is 25.9 Å². The first-order chi connectivity index (χ1) is 16.4. The van der Waals surface area contributed by atoms with Crippen molar-refractivity contribution in [2.45, 2.75) is 26.7 Å². The van der Waals surface area contributed by atoms with Gasteiger partial charge in [-0.2, -0.15) is 5.26 Å². The minimum atomic E-state index is -0.356. The Morgan fingerprint density at radius 3 is 2.65 bits per heavy atom. The summed E-state index contributed by atoms with van der Waals surface area (Å²) in [7, 11) is 0. The van der Waals surface area contributed by atoms with E-state index >= 15 is 0 Å². The highest BCUT2D eigenvalue weighted by Crippen LogP contribution is 2.35. The summed E-state index contributed by atoms with van der Waals surface area (Å²) in [5.74, 6) is 0. The number of nitriles is 1. The van der Waals surface area contributed by atoms with Gasteiger partial charge in [-0.3, -0.25) is 19.3 Å². The molecule has 2 aromatic carbocycles. The minimum Gasteiger partial charge on any atom is -0.366 e. The van der Waals surface area contributed by atoms with Crippen LogP contribution in [-0.2, 0) is 0 Å². The quantitative estimate of drug-likeness (QED) is 0.371. The van der Waals surface area contributed by atoms with Gasteiger partial charge in [0.15, 0.2) is 5.65 Å². The lowest BCUT2D eigenvalue weighted by atomic mass is 10.1. The van der Waals surface area contributed by atoms with Gasteiger partial charge in [0.1, 0.15) is 11.8 Å². The third-order valence-corrected chi connectivity index (χ3v) is 6.45. The zero-order valence-electron chi connectivity index (χ0n) is 18.8. The third-order valence-electron chi connectivity index (χ3n) is 6.45. The molecule has 1 aliphatic rings. The second kappa shape index (κ2) is 8.15. The molecule has 0 saturated carbocycles. The molecule has 2 aromatic heterocycles. The highest BCUT2D eigenvalue weighted by atomic mass is 16.6. The molecule has 34 heavy (non-hydrogen) atoms. The lowest BCUT2D eigenvalue weighted by Gasteiger charge is -2.19. The Morgan fingerprint density at radius 2 is 1.94 bits per heavy atom. The predicted molar refractivity (Wildman–Crippen MR) is 131 cm³/mol. The van der Waals surface area contributed by atoms with Crippen molar-refractivity contribution in [3.63, 3.8) is 0 Å². The van der Waals surface area contributed by atoms with Crippen LogP contribution >= 0.6 is 0 Å². The van der Waals surface area contributed by atoms with E-state index in [9.17, 15) is 20.2 Å². The molecule has 0 aliphatic carbocycles. The van der Waals surface area contributed by atoms with Gasteiger partial charge in [0.2, 0.25) is 0 Å². The molecule has 0 atom stereocenters. The summed E-state index contributed by atoms with van der Waals surface area (Å²) in [6.07, 6.45) is 3.57. The van der Waals surface area contributed by atoms with Crippen LogP contribution in [0.4, 0.5) is 17.1 Å². The van der Waals surface area contributed by atoms with Crippen LogP contribution < -0.4 is 21.0 Å². The number of nitrogens with one attached hydrogen (secondary N) is 1. The van der Waals surface area contributed by atoms with Crippen LogP contribution in [0.25, 0.3) is 22.9 Å². The van der Waals surface area contributed by atoms with Gasteiger partial charge in [0.05, 0.1) is 26.7 Å². The van der Waals surface area contributed by atoms with E-state index in [1.165, 1.54) is 4.40 Å². The fourth-order valence-electron chi connectivity index (χ4n) is 4.63. The molecule has 1 saturated heterocycles. The van der Waals surface area contributed by atoms with Crippen LogP contribution in [0.1, 0.15) is 29.5 Å². The average Bonchev–Trinajstić information content (AvgIpc) is 3.48. The summed E-state index contributed by atoms with van der Waals surface area (Å²) >= 11 is 0. The molecule has 0 bridgehead atoms. The standard InChI is InChI=1S/C25H22N6O3/c1-15-11-23(31(33)34)22(29-9-5-6-10-29)12-20(15)27-14-18-16(2)17(13-26)24-28-19-7-3-4-8-21(19)30(24)25(18)32/h3-4,7-8,11-12,14,27H,5-6,9-10H2,1-2H3. The molecule has 0 spiro atoms. The topological polar surface area (TPSA) is 117 Å². The Balaban J connectivity index is 1.69. The van der Waals surface area contributed by atoms with Crippen molar-refractivity contribution < 1.29 is 4.92 Å². The molecule has 4 aromatic rings. The number of aryl methyl sites for hydroxylation is 1. The summed E-state index contributed by atoms with van der Waals surface area (Å²) in [5, 5.41) is 25.0. The maximum Gasteiger partial charge on any atom is 0.292 e. The number of nitro benzene ring substituents is 1. The number of para-hydroxylation sites is 2. The smallest absolute Gasteiger partial charge is 0.292 e. The van der Waals surface area contributed by atoms with Gasteiger partial charge in [-0.15, -0.1) is 0 Å². The van der Waals surface area contributed by atoms with Gasteiger partial charge in [-0.25, -0.2) is 4.98 Å². The summed E-state index contributed by atoms with van der Waals surface area (Å²) in [5.41, 5.74) is 4.19. The fraction of sp³-hybridized carbons (Fsp3) is 0.240. The SMILES string of the molecule is Cc1cc([N+](=O)[O-])c(N2CCCC2)cc1NC=c1c(C)c(C#N)c2nc3ccccc3n2c1=O. The highest BCUT2D eigenvalue weighted by molar-refractivity contribution is 5.83. The van der Waals surface area contributed by atoms with Gasteiger partial charge < -0.3 is 10.2 Å². The number of benzene rings is 2. The van der Waals surface area contributed by atoms with E-state index in [2.05, 4.69) is 16.4 Å². The zero-order chi connectivity index (χ0) is 24.0. The van der Waals surface area contributed by atoms with Crippen molar-refractivity contribution in [3.05, 3.63) is 78.8 Å². The van der Waals surface area contributed by atoms with Crippen molar-refractivity contribution in [2.24, 2.45) is 0 Å². The Bertz CT molecular complexity index is 1630. The van der Waals surface area contributed by atoms with Crippen LogP contribution in [0.2, 0.25) is 0 Å². The summed E-state index contributed by atoms with van der Waals surface area (Å²) in [6.45, 7) is 5.06. The molecule has 3 heterocycles. The molecular weight excluding hydrogens is 432 g/mol. The third kappa shape index (κ3) is 3.31. The highest BCUT2D eigenvalue weighted by Gasteiger charge is 2.24. The number of rotatable bonds is 4. The molecule has 170 valence electrons.